The molecule has 92 valence electrons. The second-order valence-electron chi connectivity index (χ2n) is 5.28. The Kier molecular flexibility index (Phi) is 2.14. The first-order valence-corrected chi connectivity index (χ1v) is 6.03. The Morgan fingerprint density at radius 3 is 2.88 bits per heavy atom. The second-order valence-corrected chi connectivity index (χ2v) is 5.28. The van der Waals surface area contributed by atoms with Crippen molar-refractivity contribution in [2.24, 2.45) is 18.4 Å². The van der Waals surface area contributed by atoms with Gasteiger partial charge >= 0.3 is 5.69 Å². The predicted octanol–water partition coefficient (Wildman–Crippen LogP) is 1.93. The molecule has 0 spiro atoms. The van der Waals surface area contributed by atoms with Crippen LogP contribution in [0.5, 0.6) is 0 Å². The van der Waals surface area contributed by atoms with E-state index in [4.69, 9.17) is 0 Å². The van der Waals surface area contributed by atoms with Crippen molar-refractivity contribution in [3.05, 3.63) is 16.3 Å². The first kappa shape index (κ1) is 10.6. The normalized spacial score (nSPS) is 21.2. The standard InChI is InChI=1S/C11H16N4O2/c1-14-6-9(15(16)17)10(13-14)12-7-11(4-5-11)8-2-3-8/h6,8H,2-5,7H2,1H3,(H,12,13). The lowest BCUT2D eigenvalue weighted by Gasteiger charge is -2.13. The van der Waals surface area contributed by atoms with Crippen molar-refractivity contribution in [2.75, 3.05) is 11.9 Å². The molecule has 1 N–H and O–H groups in total. The molecular weight excluding hydrogens is 220 g/mol. The second kappa shape index (κ2) is 3.45. The van der Waals surface area contributed by atoms with Gasteiger partial charge in [0, 0.05) is 13.6 Å². The summed E-state index contributed by atoms with van der Waals surface area (Å²) in [5.74, 6) is 1.25. The molecule has 1 aromatic rings. The summed E-state index contributed by atoms with van der Waals surface area (Å²) in [5, 5.41) is 18.1. The number of nitrogens with one attached hydrogen (secondary N) is 1. The Morgan fingerprint density at radius 1 is 1.65 bits per heavy atom. The van der Waals surface area contributed by atoms with Gasteiger partial charge in [0.2, 0.25) is 5.82 Å². The SMILES string of the molecule is Cn1cc([N+](=O)[O-])c(NCC2(C3CC3)CC2)n1. The van der Waals surface area contributed by atoms with Crippen LogP contribution in [0, 0.1) is 21.4 Å². The minimum Gasteiger partial charge on any atom is -0.362 e. The van der Waals surface area contributed by atoms with Gasteiger partial charge < -0.3 is 5.32 Å². The number of nitro groups is 1. The van der Waals surface area contributed by atoms with E-state index in [1.54, 1.807) is 7.05 Å². The molecule has 2 fully saturated rings. The summed E-state index contributed by atoms with van der Waals surface area (Å²) in [6, 6.07) is 0. The zero-order valence-corrected chi connectivity index (χ0v) is 9.85. The fourth-order valence-electron chi connectivity index (χ4n) is 2.58. The van der Waals surface area contributed by atoms with Gasteiger partial charge in [0.25, 0.3) is 0 Å². The van der Waals surface area contributed by atoms with E-state index in [1.165, 1.54) is 36.6 Å². The van der Waals surface area contributed by atoms with Crippen LogP contribution in [0.2, 0.25) is 0 Å². The van der Waals surface area contributed by atoms with Gasteiger partial charge in [-0.1, -0.05) is 0 Å². The molecule has 2 aliphatic rings. The van der Waals surface area contributed by atoms with E-state index in [9.17, 15) is 10.1 Å². The van der Waals surface area contributed by atoms with Gasteiger partial charge in [-0.2, -0.15) is 0 Å². The third kappa shape index (κ3) is 1.87. The van der Waals surface area contributed by atoms with Crippen molar-refractivity contribution in [2.45, 2.75) is 25.7 Å². The summed E-state index contributed by atoms with van der Waals surface area (Å²) < 4.78 is 1.48. The highest BCUT2D eigenvalue weighted by molar-refractivity contribution is 5.54. The Bertz CT molecular complexity index is 460. The molecule has 1 heterocycles. The third-order valence-corrected chi connectivity index (χ3v) is 3.95. The molecule has 6 nitrogen and oxygen atoms in total. The van der Waals surface area contributed by atoms with Crippen LogP contribution in [-0.4, -0.2) is 21.2 Å². The summed E-state index contributed by atoms with van der Waals surface area (Å²) >= 11 is 0. The first-order chi connectivity index (χ1) is 8.11. The van der Waals surface area contributed by atoms with Gasteiger partial charge in [-0.3, -0.25) is 14.8 Å². The molecule has 1 aromatic heterocycles. The number of hydrogen-bond donors (Lipinski definition) is 1. The van der Waals surface area contributed by atoms with Crippen LogP contribution in [0.4, 0.5) is 11.5 Å². The van der Waals surface area contributed by atoms with Crippen LogP contribution >= 0.6 is 0 Å². The number of aromatic nitrogens is 2. The van der Waals surface area contributed by atoms with E-state index >= 15 is 0 Å². The summed E-state index contributed by atoms with van der Waals surface area (Å²) in [6.07, 6.45) is 6.60. The van der Waals surface area contributed by atoms with Crippen LogP contribution < -0.4 is 5.32 Å². The molecular formula is C11H16N4O2. The average molecular weight is 236 g/mol. The molecule has 6 heteroatoms. The lowest BCUT2D eigenvalue weighted by Crippen LogP contribution is -2.18. The van der Waals surface area contributed by atoms with Gasteiger partial charge in [-0.15, -0.1) is 5.10 Å². The molecule has 0 atom stereocenters. The molecule has 0 amide bonds. The summed E-state index contributed by atoms with van der Waals surface area (Å²) in [6.45, 7) is 0.829. The Balaban J connectivity index is 1.70. The zero-order valence-electron chi connectivity index (χ0n) is 9.85. The van der Waals surface area contributed by atoms with Crippen LogP contribution in [-0.2, 0) is 7.05 Å². The number of anilines is 1. The predicted molar refractivity (Wildman–Crippen MR) is 62.7 cm³/mol. The average Bonchev–Trinajstić information content (AvgIpc) is 3.13. The minimum absolute atomic E-state index is 0.0686. The van der Waals surface area contributed by atoms with E-state index in [0.717, 1.165) is 12.5 Å². The first-order valence-electron chi connectivity index (χ1n) is 6.03. The lowest BCUT2D eigenvalue weighted by atomic mass is 10.0. The number of nitrogens with zero attached hydrogens (tertiary/aromatic N) is 3. The molecule has 0 radical (unpaired) electrons. The molecule has 17 heavy (non-hydrogen) atoms. The maximum Gasteiger partial charge on any atom is 0.330 e. The fraction of sp³-hybridized carbons (Fsp3) is 0.727. The highest BCUT2D eigenvalue weighted by Crippen LogP contribution is 2.61. The van der Waals surface area contributed by atoms with Crippen LogP contribution in [0.3, 0.4) is 0 Å². The maximum atomic E-state index is 10.8. The zero-order chi connectivity index (χ0) is 12.0. The summed E-state index contributed by atoms with van der Waals surface area (Å²) in [4.78, 5) is 10.5. The van der Waals surface area contributed by atoms with Crippen molar-refractivity contribution >= 4 is 11.5 Å². The third-order valence-electron chi connectivity index (χ3n) is 3.95. The van der Waals surface area contributed by atoms with Gasteiger partial charge in [0.05, 0.1) is 4.92 Å². The fourth-order valence-corrected chi connectivity index (χ4v) is 2.58. The molecule has 3 rings (SSSR count). The molecule has 2 saturated carbocycles. The van der Waals surface area contributed by atoms with Crippen LogP contribution in [0.15, 0.2) is 6.20 Å². The summed E-state index contributed by atoms with van der Waals surface area (Å²) in [5.41, 5.74) is 0.491. The van der Waals surface area contributed by atoms with Crippen molar-refractivity contribution in [3.63, 3.8) is 0 Å². The highest BCUT2D eigenvalue weighted by atomic mass is 16.6. The summed E-state index contributed by atoms with van der Waals surface area (Å²) in [7, 11) is 1.70. The van der Waals surface area contributed by atoms with E-state index in [0.29, 0.717) is 11.2 Å². The molecule has 0 bridgehead atoms. The molecule has 0 unspecified atom stereocenters. The van der Waals surface area contributed by atoms with Gasteiger partial charge in [-0.25, -0.2) is 0 Å². The van der Waals surface area contributed by atoms with Gasteiger partial charge in [0.15, 0.2) is 0 Å². The smallest absolute Gasteiger partial charge is 0.330 e. The number of hydrogen-bond acceptors (Lipinski definition) is 4. The highest BCUT2D eigenvalue weighted by Gasteiger charge is 2.53. The quantitative estimate of drug-likeness (QED) is 0.626. The van der Waals surface area contributed by atoms with Crippen LogP contribution in [0.1, 0.15) is 25.7 Å². The monoisotopic (exact) mass is 236 g/mol. The molecule has 0 aliphatic heterocycles. The van der Waals surface area contributed by atoms with Crippen molar-refractivity contribution in [3.8, 4) is 0 Å². The number of rotatable bonds is 5. The largest absolute Gasteiger partial charge is 0.362 e. The van der Waals surface area contributed by atoms with Crippen molar-refractivity contribution < 1.29 is 4.92 Å². The Morgan fingerprint density at radius 2 is 2.35 bits per heavy atom. The van der Waals surface area contributed by atoms with Gasteiger partial charge in [-0.05, 0) is 37.0 Å². The van der Waals surface area contributed by atoms with E-state index in [1.807, 2.05) is 0 Å². The lowest BCUT2D eigenvalue weighted by molar-refractivity contribution is -0.384. The van der Waals surface area contributed by atoms with Crippen molar-refractivity contribution in [1.29, 1.82) is 0 Å². The van der Waals surface area contributed by atoms with Crippen molar-refractivity contribution in [1.82, 2.24) is 9.78 Å². The topological polar surface area (TPSA) is 73.0 Å². The van der Waals surface area contributed by atoms with E-state index in [2.05, 4.69) is 10.4 Å². The van der Waals surface area contributed by atoms with E-state index in [-0.39, 0.29) is 10.6 Å². The Hall–Kier alpha value is -1.59. The molecule has 0 aromatic carbocycles. The molecule has 0 saturated heterocycles. The minimum atomic E-state index is -0.383. The van der Waals surface area contributed by atoms with Gasteiger partial charge in [0.1, 0.15) is 6.20 Å². The van der Waals surface area contributed by atoms with E-state index < -0.39 is 0 Å². The number of aryl methyl sites for hydroxylation is 1. The van der Waals surface area contributed by atoms with Crippen LogP contribution in [0.25, 0.3) is 0 Å². The maximum absolute atomic E-state index is 10.8. The Labute approximate surface area is 99.1 Å². The molecule has 2 aliphatic carbocycles.